The van der Waals surface area contributed by atoms with Crippen molar-refractivity contribution in [2.75, 3.05) is 0 Å². The summed E-state index contributed by atoms with van der Waals surface area (Å²) in [6.07, 6.45) is 7.20. The van der Waals surface area contributed by atoms with Gasteiger partial charge in [0.1, 0.15) is 0 Å². The summed E-state index contributed by atoms with van der Waals surface area (Å²) >= 11 is 0. The molecule has 0 aliphatic heterocycles. The molecule has 0 amide bonds. The fourth-order valence-electron chi connectivity index (χ4n) is 2.33. The first-order chi connectivity index (χ1) is 11.0. The van der Waals surface area contributed by atoms with Crippen LogP contribution in [-0.2, 0) is 17.1 Å². The number of hydrogen-bond donors (Lipinski definition) is 2. The number of carboxylic acid groups (broad SMARTS) is 1. The molecule has 1 aliphatic carbocycles. The van der Waals surface area contributed by atoms with Crippen molar-refractivity contribution in [3.8, 4) is 0 Å². The predicted molar refractivity (Wildman–Crippen MR) is 87.1 cm³/mol. The second kappa shape index (κ2) is 8.87. The summed E-state index contributed by atoms with van der Waals surface area (Å²) in [5.74, 6) is -2.24. The third-order valence-electron chi connectivity index (χ3n) is 3.44. The van der Waals surface area contributed by atoms with E-state index in [4.69, 9.17) is 5.11 Å². The van der Waals surface area contributed by atoms with Crippen LogP contribution < -0.4 is 15.5 Å². The number of rotatable bonds is 1. The molecule has 2 aromatic carbocycles. The fourth-order valence-corrected chi connectivity index (χ4v) is 2.33. The van der Waals surface area contributed by atoms with E-state index < -0.39 is 11.9 Å². The Morgan fingerprint density at radius 3 is 2.08 bits per heavy atom. The summed E-state index contributed by atoms with van der Waals surface area (Å²) < 4.78 is 0. The normalized spacial score (nSPS) is 13.0. The molecule has 124 valence electrons. The number of allylic oxidation sites excluding steroid dienone is 4. The van der Waals surface area contributed by atoms with Crippen molar-refractivity contribution >= 4 is 17.5 Å². The maximum Gasteiger partial charge on any atom is 2.00 e. The number of aliphatic hydroxyl groups excluding tert-OH is 1. The van der Waals surface area contributed by atoms with Crippen LogP contribution in [0, 0.1) is 6.92 Å². The smallest absolute Gasteiger partial charge is 0.629 e. The Hall–Kier alpha value is -2.62. The van der Waals surface area contributed by atoms with Gasteiger partial charge in [-0.25, -0.2) is 16.9 Å². The van der Waals surface area contributed by atoms with E-state index in [1.807, 2.05) is 30.3 Å². The molecule has 2 N–H and O–H groups in total. The van der Waals surface area contributed by atoms with Gasteiger partial charge in [-0.15, -0.1) is 0 Å². The van der Waals surface area contributed by atoms with E-state index in [0.29, 0.717) is 5.22 Å². The minimum Gasteiger partial charge on any atom is -0.629 e. The summed E-state index contributed by atoms with van der Waals surface area (Å²) in [7, 11) is 0. The monoisotopic (exact) mass is 364 g/mol. The van der Waals surface area contributed by atoms with Gasteiger partial charge in [0.15, 0.2) is 0 Å². The van der Waals surface area contributed by atoms with Crippen LogP contribution in [-0.4, -0.2) is 16.2 Å². The van der Waals surface area contributed by atoms with Gasteiger partial charge in [-0.1, -0.05) is 36.4 Å². The Kier molecular flexibility index (Phi) is 7.18. The van der Waals surface area contributed by atoms with Crippen LogP contribution in [0.15, 0.2) is 66.8 Å². The number of benzene rings is 1. The van der Waals surface area contributed by atoms with Crippen LogP contribution in [0.2, 0.25) is 0 Å². The number of carbonyl (C=O) groups is 1. The van der Waals surface area contributed by atoms with Gasteiger partial charge in [0.25, 0.3) is 0 Å². The minimum atomic E-state index is -1.12. The zero-order valence-corrected chi connectivity index (χ0v) is 14.0. The van der Waals surface area contributed by atoms with Crippen molar-refractivity contribution in [3.63, 3.8) is 0 Å². The first-order valence-corrected chi connectivity index (χ1v) is 7.01. The Balaban J connectivity index is 0.000000412. The van der Waals surface area contributed by atoms with Gasteiger partial charge in [-0.3, -0.25) is 0 Å². The average Bonchev–Trinajstić information content (AvgIpc) is 3.22. The average molecular weight is 364 g/mol. The second-order valence-electron chi connectivity index (χ2n) is 4.91. The number of aromatic carboxylic acids is 1. The SMILES string of the molecule is Cc1c(C(=O)O)c(=C2C=CC=C2)ccc1=C([O-])O.[Fe+2].c1cc[cH-]c1. The molecule has 1 aliphatic rings. The van der Waals surface area contributed by atoms with Crippen LogP contribution >= 0.6 is 0 Å². The van der Waals surface area contributed by atoms with Crippen LogP contribution in [0.1, 0.15) is 15.9 Å². The standard InChI is InChI=1S/C14H12O4.C5H5.Fe/c1-8-10(13(15)16)6-7-11(12(8)14(17)18)9-4-2-3-5-9;1-2-4-5-3-1;/h2-7,15-16H,1H3,(H,17,18);1-5H;/q;-1;+2/p-1. The summed E-state index contributed by atoms with van der Waals surface area (Å²) in [4.78, 5) is 11.3. The van der Waals surface area contributed by atoms with E-state index in [2.05, 4.69) is 0 Å². The molecule has 2 aromatic rings. The minimum absolute atomic E-state index is 0. The van der Waals surface area contributed by atoms with E-state index in [0.717, 1.165) is 5.57 Å². The molecule has 0 fully saturated rings. The van der Waals surface area contributed by atoms with Crippen LogP contribution in [0.3, 0.4) is 0 Å². The fraction of sp³-hybridized carbons (Fsp3) is 0.0526. The number of aliphatic hydroxyl groups is 1. The molecule has 0 unspecified atom stereocenters. The van der Waals surface area contributed by atoms with E-state index >= 15 is 0 Å². The van der Waals surface area contributed by atoms with Crippen LogP contribution in [0.4, 0.5) is 0 Å². The molecular weight excluding hydrogens is 348 g/mol. The molecule has 4 nitrogen and oxygen atoms in total. The Labute approximate surface area is 150 Å². The number of carboxylic acids is 1. The molecule has 0 saturated carbocycles. The predicted octanol–water partition coefficient (Wildman–Crippen LogP) is 1.36. The topological polar surface area (TPSA) is 80.6 Å². The molecule has 0 saturated heterocycles. The van der Waals surface area contributed by atoms with Gasteiger partial charge >= 0.3 is 23.0 Å². The molecule has 0 aromatic heterocycles. The largest absolute Gasteiger partial charge is 2.00 e. The molecule has 0 bridgehead atoms. The Bertz CT molecular complexity index is 840. The molecule has 0 spiro atoms. The van der Waals surface area contributed by atoms with Crippen molar-refractivity contribution in [3.05, 3.63) is 88.3 Å². The summed E-state index contributed by atoms with van der Waals surface area (Å²) in [5.41, 5.74) is 1.09. The van der Waals surface area contributed by atoms with E-state index in [9.17, 15) is 15.0 Å². The van der Waals surface area contributed by atoms with Crippen molar-refractivity contribution in [1.29, 1.82) is 0 Å². The first-order valence-electron chi connectivity index (χ1n) is 7.01. The van der Waals surface area contributed by atoms with Gasteiger partial charge in [-0.05, 0) is 28.5 Å². The quantitative estimate of drug-likeness (QED) is 0.592. The van der Waals surface area contributed by atoms with Crippen molar-refractivity contribution in [1.82, 2.24) is 0 Å². The third-order valence-corrected chi connectivity index (χ3v) is 3.44. The maximum atomic E-state index is 11.3. The van der Waals surface area contributed by atoms with Gasteiger partial charge in [0.05, 0.1) is 11.5 Å². The third kappa shape index (κ3) is 4.44. The van der Waals surface area contributed by atoms with Gasteiger partial charge in [-0.2, -0.15) is 18.2 Å². The summed E-state index contributed by atoms with van der Waals surface area (Å²) in [5, 5.41) is 29.8. The summed E-state index contributed by atoms with van der Waals surface area (Å²) in [6, 6.07) is 13.0. The van der Waals surface area contributed by atoms with Crippen LogP contribution in [0.5, 0.6) is 0 Å². The van der Waals surface area contributed by atoms with E-state index in [1.165, 1.54) is 19.1 Å². The maximum absolute atomic E-state index is 11.3. The molecule has 0 atom stereocenters. The zero-order chi connectivity index (χ0) is 16.8. The zero-order valence-electron chi connectivity index (χ0n) is 12.9. The molecule has 24 heavy (non-hydrogen) atoms. The number of hydrogen-bond acceptors (Lipinski definition) is 3. The van der Waals surface area contributed by atoms with Gasteiger partial charge in [0.2, 0.25) is 0 Å². The van der Waals surface area contributed by atoms with E-state index in [-0.39, 0.29) is 33.4 Å². The molecule has 3 rings (SSSR count). The van der Waals surface area contributed by atoms with Crippen molar-refractivity contribution < 1.29 is 37.2 Å². The Morgan fingerprint density at radius 1 is 1.08 bits per heavy atom. The van der Waals surface area contributed by atoms with Crippen LogP contribution in [0.25, 0.3) is 11.5 Å². The molecule has 0 heterocycles. The molecular formula is C19H16FeO4. The summed E-state index contributed by atoms with van der Waals surface area (Å²) in [6.45, 7) is 1.51. The van der Waals surface area contributed by atoms with Gasteiger partial charge < -0.3 is 15.3 Å². The first kappa shape index (κ1) is 19.4. The van der Waals surface area contributed by atoms with E-state index in [1.54, 1.807) is 24.3 Å². The second-order valence-corrected chi connectivity index (χ2v) is 4.91. The Morgan fingerprint density at radius 2 is 1.67 bits per heavy atom. The molecule has 5 heteroatoms. The van der Waals surface area contributed by atoms with Gasteiger partial charge in [0, 0.05) is 0 Å². The van der Waals surface area contributed by atoms with Crippen molar-refractivity contribution in [2.45, 2.75) is 6.92 Å². The molecule has 0 radical (unpaired) electrons. The van der Waals surface area contributed by atoms with Crippen molar-refractivity contribution in [2.24, 2.45) is 0 Å².